The first-order valence-electron chi connectivity index (χ1n) is 3.73. The van der Waals surface area contributed by atoms with Crippen LogP contribution in [0.3, 0.4) is 0 Å². The Labute approximate surface area is 63.1 Å². The number of unbranched alkanes of at least 4 members (excludes halogenated alkanes) is 2. The van der Waals surface area contributed by atoms with Gasteiger partial charge in [-0.1, -0.05) is 25.8 Å². The maximum absolute atomic E-state index is 10.8. The number of ketones is 1. The molecule has 0 aliphatic heterocycles. The van der Waals surface area contributed by atoms with Crippen molar-refractivity contribution in [2.24, 2.45) is 0 Å². The number of rotatable bonds is 6. The quantitative estimate of drug-likeness (QED) is 0.408. The van der Waals surface area contributed by atoms with Gasteiger partial charge in [0.25, 0.3) is 0 Å². The second-order valence-corrected chi connectivity index (χ2v) is 2.34. The molecule has 0 rings (SSSR count). The van der Waals surface area contributed by atoms with Gasteiger partial charge < -0.3 is 0 Å². The first-order chi connectivity index (χ1) is 4.81. The van der Waals surface area contributed by atoms with Crippen LogP contribution in [-0.4, -0.2) is 5.78 Å². The van der Waals surface area contributed by atoms with Crippen LogP contribution in [0.15, 0.2) is 12.7 Å². The summed E-state index contributed by atoms with van der Waals surface area (Å²) in [5, 5.41) is 0. The van der Waals surface area contributed by atoms with E-state index in [2.05, 4.69) is 13.5 Å². The molecular formula is C9H15O. The summed E-state index contributed by atoms with van der Waals surface area (Å²) in [4.78, 5) is 10.8. The van der Waals surface area contributed by atoms with E-state index in [9.17, 15) is 4.79 Å². The Kier molecular flexibility index (Phi) is 6.14. The molecule has 0 fully saturated rings. The highest BCUT2D eigenvalue weighted by atomic mass is 16.1. The first-order valence-corrected chi connectivity index (χ1v) is 3.73. The summed E-state index contributed by atoms with van der Waals surface area (Å²) >= 11 is 0. The van der Waals surface area contributed by atoms with E-state index in [0.29, 0.717) is 18.6 Å². The van der Waals surface area contributed by atoms with Crippen molar-refractivity contribution in [2.45, 2.75) is 32.1 Å². The van der Waals surface area contributed by atoms with Crippen LogP contribution in [0.5, 0.6) is 0 Å². The summed E-state index contributed by atoms with van der Waals surface area (Å²) < 4.78 is 0. The van der Waals surface area contributed by atoms with Crippen LogP contribution < -0.4 is 0 Å². The van der Waals surface area contributed by atoms with Crippen molar-refractivity contribution in [1.29, 1.82) is 0 Å². The Bertz CT molecular complexity index is 105. The molecule has 1 nitrogen and oxygen atoms in total. The van der Waals surface area contributed by atoms with Crippen molar-refractivity contribution in [3.05, 3.63) is 19.6 Å². The zero-order valence-corrected chi connectivity index (χ0v) is 6.44. The number of allylic oxidation sites excluding steroid dienone is 1. The molecule has 0 atom stereocenters. The van der Waals surface area contributed by atoms with Gasteiger partial charge in [-0.15, -0.1) is 6.58 Å². The Morgan fingerprint density at radius 3 is 2.60 bits per heavy atom. The van der Waals surface area contributed by atoms with Crippen LogP contribution in [0.4, 0.5) is 0 Å². The van der Waals surface area contributed by atoms with Crippen LogP contribution in [-0.2, 0) is 4.79 Å². The van der Waals surface area contributed by atoms with Gasteiger partial charge in [-0.05, 0) is 6.42 Å². The summed E-state index contributed by atoms with van der Waals surface area (Å²) in [6.07, 6.45) is 5.85. The van der Waals surface area contributed by atoms with E-state index < -0.39 is 0 Å². The highest BCUT2D eigenvalue weighted by molar-refractivity contribution is 5.79. The van der Waals surface area contributed by atoms with Crippen molar-refractivity contribution < 1.29 is 4.79 Å². The van der Waals surface area contributed by atoms with Crippen LogP contribution in [0.25, 0.3) is 0 Å². The third-order valence-electron chi connectivity index (χ3n) is 1.33. The first kappa shape index (κ1) is 9.41. The van der Waals surface area contributed by atoms with Gasteiger partial charge in [0.2, 0.25) is 0 Å². The van der Waals surface area contributed by atoms with E-state index in [1.165, 1.54) is 0 Å². The minimum absolute atomic E-state index is 0.295. The molecule has 0 aliphatic rings. The van der Waals surface area contributed by atoms with Gasteiger partial charge >= 0.3 is 0 Å². The van der Waals surface area contributed by atoms with Crippen molar-refractivity contribution in [3.8, 4) is 0 Å². The average Bonchev–Trinajstić information content (AvgIpc) is 1.89. The third-order valence-corrected chi connectivity index (χ3v) is 1.33. The molecule has 0 aromatic carbocycles. The Morgan fingerprint density at radius 1 is 1.40 bits per heavy atom. The summed E-state index contributed by atoms with van der Waals surface area (Å²) in [5.41, 5.74) is 0. The molecule has 0 bridgehead atoms. The molecule has 1 radical (unpaired) electrons. The molecule has 0 aliphatic carbocycles. The minimum Gasteiger partial charge on any atom is -0.299 e. The Morgan fingerprint density at radius 2 is 2.10 bits per heavy atom. The zero-order valence-electron chi connectivity index (χ0n) is 6.44. The van der Waals surface area contributed by atoms with E-state index in [4.69, 9.17) is 0 Å². The van der Waals surface area contributed by atoms with Gasteiger partial charge in [-0.3, -0.25) is 4.79 Å². The fraction of sp³-hybridized carbons (Fsp3) is 0.556. The number of Topliss-reactive ketones (excluding diaryl/α,β-unsaturated/α-hetero) is 1. The van der Waals surface area contributed by atoms with Gasteiger partial charge in [0, 0.05) is 12.8 Å². The third kappa shape index (κ3) is 5.54. The lowest BCUT2D eigenvalue weighted by atomic mass is 10.1. The van der Waals surface area contributed by atoms with E-state index >= 15 is 0 Å². The second kappa shape index (κ2) is 6.53. The smallest absolute Gasteiger partial charge is 0.136 e. The van der Waals surface area contributed by atoms with Crippen molar-refractivity contribution in [1.82, 2.24) is 0 Å². The van der Waals surface area contributed by atoms with E-state index in [1.54, 1.807) is 6.08 Å². The SMILES string of the molecule is [CH2]CCCCC(=O)CC=C. The monoisotopic (exact) mass is 139 g/mol. The maximum atomic E-state index is 10.8. The molecule has 0 N–H and O–H groups in total. The van der Waals surface area contributed by atoms with Crippen LogP contribution in [0.1, 0.15) is 32.1 Å². The number of carbonyl (C=O) groups excluding carboxylic acids is 1. The zero-order chi connectivity index (χ0) is 7.82. The molecule has 0 saturated carbocycles. The Hall–Kier alpha value is -0.590. The molecule has 0 heterocycles. The molecule has 0 amide bonds. The molecule has 0 saturated heterocycles. The Balaban J connectivity index is 3.13. The minimum atomic E-state index is 0.295. The summed E-state index contributed by atoms with van der Waals surface area (Å²) in [7, 11) is 0. The highest BCUT2D eigenvalue weighted by Gasteiger charge is 1.96. The van der Waals surface area contributed by atoms with Gasteiger partial charge in [-0.2, -0.15) is 0 Å². The van der Waals surface area contributed by atoms with E-state index in [-0.39, 0.29) is 0 Å². The lowest BCUT2D eigenvalue weighted by molar-refractivity contribution is -0.118. The van der Waals surface area contributed by atoms with Crippen molar-refractivity contribution >= 4 is 5.78 Å². The molecule has 0 aromatic rings. The van der Waals surface area contributed by atoms with Gasteiger partial charge in [0.05, 0.1) is 0 Å². The molecule has 0 aromatic heterocycles. The number of hydrogen-bond acceptors (Lipinski definition) is 1. The van der Waals surface area contributed by atoms with Crippen LogP contribution in [0, 0.1) is 6.92 Å². The van der Waals surface area contributed by atoms with Gasteiger partial charge in [-0.25, -0.2) is 0 Å². The predicted molar refractivity (Wildman–Crippen MR) is 43.6 cm³/mol. The number of carbonyl (C=O) groups is 1. The second-order valence-electron chi connectivity index (χ2n) is 2.34. The molecule has 0 spiro atoms. The normalized spacial score (nSPS) is 9.30. The van der Waals surface area contributed by atoms with Gasteiger partial charge in [0.15, 0.2) is 0 Å². The molecule has 57 valence electrons. The molecule has 0 unspecified atom stereocenters. The number of hydrogen-bond donors (Lipinski definition) is 0. The average molecular weight is 139 g/mol. The lowest BCUT2D eigenvalue weighted by Gasteiger charge is -1.94. The summed E-state index contributed by atoms with van der Waals surface area (Å²) in [6, 6.07) is 0. The summed E-state index contributed by atoms with van der Waals surface area (Å²) in [6.45, 7) is 7.19. The topological polar surface area (TPSA) is 17.1 Å². The van der Waals surface area contributed by atoms with Crippen molar-refractivity contribution in [2.75, 3.05) is 0 Å². The molecule has 1 heteroatoms. The fourth-order valence-electron chi connectivity index (χ4n) is 0.762. The lowest BCUT2D eigenvalue weighted by Crippen LogP contribution is -1.94. The standard InChI is InChI=1S/C9H15O/c1-3-5-6-8-9(10)7-4-2/h4H,1-3,5-8H2. The van der Waals surface area contributed by atoms with Crippen LogP contribution >= 0.6 is 0 Å². The van der Waals surface area contributed by atoms with Crippen molar-refractivity contribution in [3.63, 3.8) is 0 Å². The van der Waals surface area contributed by atoms with Crippen LogP contribution in [0.2, 0.25) is 0 Å². The predicted octanol–water partition coefficient (Wildman–Crippen LogP) is 2.53. The fourth-order valence-corrected chi connectivity index (χ4v) is 0.762. The van der Waals surface area contributed by atoms with Gasteiger partial charge in [0.1, 0.15) is 5.78 Å². The maximum Gasteiger partial charge on any atom is 0.136 e. The van der Waals surface area contributed by atoms with E-state index in [1.807, 2.05) is 0 Å². The summed E-state index contributed by atoms with van der Waals surface area (Å²) in [5.74, 6) is 0.295. The molecular weight excluding hydrogens is 124 g/mol. The highest BCUT2D eigenvalue weighted by Crippen LogP contribution is 2.01. The largest absolute Gasteiger partial charge is 0.299 e. The molecule has 10 heavy (non-hydrogen) atoms. The van der Waals surface area contributed by atoms with E-state index in [0.717, 1.165) is 19.3 Å².